The number of piperidine rings is 1. The van der Waals surface area contributed by atoms with Crippen LogP contribution in [-0.4, -0.2) is 64.9 Å². The number of halogens is 3. The molecule has 1 saturated carbocycles. The first kappa shape index (κ1) is 22.5. The normalized spacial score (nSPS) is 24.6. The first-order valence-corrected chi connectivity index (χ1v) is 8.47. The second-order valence-corrected chi connectivity index (χ2v) is 7.01. The van der Waals surface area contributed by atoms with Crippen molar-refractivity contribution in [1.82, 2.24) is 25.1 Å². The van der Waals surface area contributed by atoms with Crippen LogP contribution >= 0.6 is 37.2 Å². The van der Waals surface area contributed by atoms with E-state index in [0.29, 0.717) is 17.2 Å². The Labute approximate surface area is 167 Å². The number of amides is 1. The largest absolute Gasteiger partial charge is 0.348 e. The van der Waals surface area contributed by atoms with Gasteiger partial charge in [-0.25, -0.2) is 4.98 Å². The van der Waals surface area contributed by atoms with Crippen molar-refractivity contribution >= 4 is 43.1 Å². The van der Waals surface area contributed by atoms with Crippen LogP contribution in [-0.2, 0) is 11.3 Å². The Balaban J connectivity index is 0.00000104. The van der Waals surface area contributed by atoms with Crippen molar-refractivity contribution < 1.29 is 4.79 Å². The molecule has 1 amide bonds. The van der Waals surface area contributed by atoms with Crippen LogP contribution < -0.4 is 5.32 Å². The fraction of sp³-hybridized carbons (Fsp3) is 0.750. The molecule has 0 aromatic carbocycles. The van der Waals surface area contributed by atoms with E-state index in [1.165, 1.54) is 12.8 Å². The van der Waals surface area contributed by atoms with Gasteiger partial charge in [-0.05, 0) is 37.8 Å². The summed E-state index contributed by atoms with van der Waals surface area (Å²) in [6.07, 6.45) is 7.14. The summed E-state index contributed by atoms with van der Waals surface area (Å²) in [6, 6.07) is 0. The third-order valence-electron chi connectivity index (χ3n) is 5.70. The lowest BCUT2D eigenvalue weighted by atomic mass is 9.91. The van der Waals surface area contributed by atoms with Gasteiger partial charge in [0.25, 0.3) is 0 Å². The Bertz CT molecular complexity index is 528. The molecule has 2 N–H and O–H groups in total. The second kappa shape index (κ2) is 9.42. The van der Waals surface area contributed by atoms with Crippen molar-refractivity contribution in [2.45, 2.75) is 25.8 Å². The maximum absolute atomic E-state index is 12.7. The molecule has 3 fully saturated rings. The van der Waals surface area contributed by atoms with Crippen molar-refractivity contribution in [1.29, 1.82) is 0 Å². The molecular formula is C16H28Cl3N5O. The van der Waals surface area contributed by atoms with Crippen molar-refractivity contribution in [2.24, 2.45) is 11.3 Å². The molecule has 1 aliphatic carbocycles. The number of imidazole rings is 1. The van der Waals surface area contributed by atoms with Gasteiger partial charge in [0.2, 0.25) is 5.91 Å². The van der Waals surface area contributed by atoms with Gasteiger partial charge >= 0.3 is 0 Å². The summed E-state index contributed by atoms with van der Waals surface area (Å²) in [4.78, 5) is 24.6. The molecule has 1 spiro atoms. The number of piperazine rings is 1. The van der Waals surface area contributed by atoms with Gasteiger partial charge in [0.15, 0.2) is 0 Å². The zero-order valence-electron chi connectivity index (χ0n) is 14.3. The lowest BCUT2D eigenvalue weighted by molar-refractivity contribution is -0.135. The minimum atomic E-state index is 0. The van der Waals surface area contributed by atoms with Crippen molar-refractivity contribution in [2.75, 3.05) is 39.3 Å². The number of carbonyl (C=O) groups is 1. The molecule has 2 aliphatic heterocycles. The molecule has 1 atom stereocenters. The number of rotatable bonds is 3. The van der Waals surface area contributed by atoms with E-state index in [2.05, 4.69) is 25.1 Å². The number of nitrogens with one attached hydrogen (secondary N) is 2. The molecule has 3 heterocycles. The van der Waals surface area contributed by atoms with Gasteiger partial charge < -0.3 is 15.2 Å². The molecule has 6 nitrogen and oxygen atoms in total. The lowest BCUT2D eigenvalue weighted by Crippen LogP contribution is -2.49. The number of nitrogens with zero attached hydrogens (tertiary/aromatic N) is 3. The van der Waals surface area contributed by atoms with Gasteiger partial charge in [-0.15, -0.1) is 37.2 Å². The fourth-order valence-electron chi connectivity index (χ4n) is 4.12. The van der Waals surface area contributed by atoms with E-state index in [9.17, 15) is 4.79 Å². The van der Waals surface area contributed by atoms with Crippen LogP contribution in [0, 0.1) is 11.3 Å². The number of hydrogen-bond donors (Lipinski definition) is 2. The Hall–Kier alpha value is -0.530. The Morgan fingerprint density at radius 3 is 2.44 bits per heavy atom. The van der Waals surface area contributed by atoms with Crippen molar-refractivity contribution in [3.8, 4) is 0 Å². The molecule has 3 aliphatic rings. The van der Waals surface area contributed by atoms with Gasteiger partial charge in [0.1, 0.15) is 5.82 Å². The number of carbonyl (C=O) groups excluding carboxylic acids is 1. The summed E-state index contributed by atoms with van der Waals surface area (Å²) >= 11 is 0. The molecule has 1 unspecified atom stereocenters. The number of aromatic amines is 1. The van der Waals surface area contributed by atoms with E-state index in [1.54, 1.807) is 6.20 Å². The highest BCUT2D eigenvalue weighted by Gasteiger charge is 2.58. The molecule has 144 valence electrons. The average molecular weight is 413 g/mol. The van der Waals surface area contributed by atoms with E-state index < -0.39 is 0 Å². The third-order valence-corrected chi connectivity index (χ3v) is 5.70. The van der Waals surface area contributed by atoms with Crippen LogP contribution in [0.15, 0.2) is 12.4 Å². The van der Waals surface area contributed by atoms with Crippen LogP contribution in [0.4, 0.5) is 0 Å². The smallest absolute Gasteiger partial charge is 0.226 e. The number of hydrogen-bond acceptors (Lipinski definition) is 4. The van der Waals surface area contributed by atoms with Crippen LogP contribution in [0.1, 0.15) is 25.1 Å². The van der Waals surface area contributed by atoms with Gasteiger partial charge in [-0.3, -0.25) is 9.69 Å². The SMILES string of the molecule is Cl.Cl.Cl.O=C(C1CC12CCNCC2)N1CCN(Cc2ncc[nH]2)CC1. The summed E-state index contributed by atoms with van der Waals surface area (Å²) in [5.41, 5.74) is 0.355. The first-order chi connectivity index (χ1) is 10.8. The van der Waals surface area contributed by atoms with Crippen LogP contribution in [0.2, 0.25) is 0 Å². The Kier molecular flexibility index (Phi) is 8.48. The molecular weight excluding hydrogens is 385 g/mol. The highest BCUT2D eigenvalue weighted by Crippen LogP contribution is 2.59. The van der Waals surface area contributed by atoms with Gasteiger partial charge in [0.05, 0.1) is 6.54 Å². The highest BCUT2D eigenvalue weighted by molar-refractivity contribution is 5.86. The first-order valence-electron chi connectivity index (χ1n) is 8.47. The Morgan fingerprint density at radius 1 is 1.16 bits per heavy atom. The summed E-state index contributed by atoms with van der Waals surface area (Å²) < 4.78 is 0. The maximum atomic E-state index is 12.7. The van der Waals surface area contributed by atoms with E-state index in [1.807, 2.05) is 6.20 Å². The van der Waals surface area contributed by atoms with Gasteiger partial charge in [0, 0.05) is 44.5 Å². The maximum Gasteiger partial charge on any atom is 0.226 e. The van der Waals surface area contributed by atoms with E-state index in [-0.39, 0.29) is 37.2 Å². The monoisotopic (exact) mass is 411 g/mol. The quantitative estimate of drug-likeness (QED) is 0.793. The molecule has 9 heteroatoms. The minimum Gasteiger partial charge on any atom is -0.348 e. The molecule has 1 aromatic rings. The molecule has 25 heavy (non-hydrogen) atoms. The number of aromatic nitrogens is 2. The molecule has 4 rings (SSSR count). The van der Waals surface area contributed by atoms with Crippen LogP contribution in [0.5, 0.6) is 0 Å². The topological polar surface area (TPSA) is 64.3 Å². The summed E-state index contributed by atoms with van der Waals surface area (Å²) in [7, 11) is 0. The van der Waals surface area contributed by atoms with Crippen LogP contribution in [0.25, 0.3) is 0 Å². The summed E-state index contributed by atoms with van der Waals surface area (Å²) in [5.74, 6) is 1.74. The summed E-state index contributed by atoms with van der Waals surface area (Å²) in [5, 5.41) is 3.41. The van der Waals surface area contributed by atoms with Crippen LogP contribution in [0.3, 0.4) is 0 Å². The highest BCUT2D eigenvalue weighted by atomic mass is 35.5. The third kappa shape index (κ3) is 4.80. The van der Waals surface area contributed by atoms with Crippen molar-refractivity contribution in [3.63, 3.8) is 0 Å². The van der Waals surface area contributed by atoms with Gasteiger partial charge in [-0.1, -0.05) is 0 Å². The molecule has 2 saturated heterocycles. The molecule has 1 aromatic heterocycles. The molecule has 0 radical (unpaired) electrons. The number of H-pyrrole nitrogens is 1. The van der Waals surface area contributed by atoms with E-state index in [4.69, 9.17) is 0 Å². The molecule has 0 bridgehead atoms. The second-order valence-electron chi connectivity index (χ2n) is 7.01. The summed E-state index contributed by atoms with van der Waals surface area (Å²) in [6.45, 7) is 6.66. The predicted octanol–water partition coefficient (Wildman–Crippen LogP) is 1.71. The van der Waals surface area contributed by atoms with Gasteiger partial charge in [-0.2, -0.15) is 0 Å². The minimum absolute atomic E-state index is 0. The van der Waals surface area contributed by atoms with Crippen molar-refractivity contribution in [3.05, 3.63) is 18.2 Å². The fourth-order valence-corrected chi connectivity index (χ4v) is 4.12. The predicted molar refractivity (Wildman–Crippen MR) is 105 cm³/mol. The zero-order chi connectivity index (χ0) is 15.0. The van der Waals surface area contributed by atoms with E-state index >= 15 is 0 Å². The zero-order valence-corrected chi connectivity index (χ0v) is 16.7. The average Bonchev–Trinajstić information content (AvgIpc) is 2.99. The standard InChI is InChI=1S/C16H25N5O.3ClH/c22-15(13-11-16(13)1-3-17-4-2-16)21-9-7-20(8-10-21)12-14-18-5-6-19-14;;;/h5-6,13,17H,1-4,7-12H2,(H,18,19);3*1H. The lowest BCUT2D eigenvalue weighted by Gasteiger charge is -2.35. The van der Waals surface area contributed by atoms with E-state index in [0.717, 1.165) is 58.1 Å². The Morgan fingerprint density at radius 2 is 1.84 bits per heavy atom.